The fraction of sp³-hybridized carbons (Fsp3) is 0.462. The molecule has 1 rings (SSSR count). The predicted octanol–water partition coefficient (Wildman–Crippen LogP) is 2.36. The van der Waals surface area contributed by atoms with E-state index in [2.05, 4.69) is 30.5 Å². The summed E-state index contributed by atoms with van der Waals surface area (Å²) in [4.78, 5) is 0. The zero-order valence-electron chi connectivity index (χ0n) is 10.6. The lowest BCUT2D eigenvalue weighted by molar-refractivity contribution is 0.253. The third kappa shape index (κ3) is 4.71. The van der Waals surface area contributed by atoms with Gasteiger partial charge in [0.2, 0.25) is 0 Å². The average molecular weight is 252 g/mol. The van der Waals surface area contributed by atoms with Gasteiger partial charge in [0.15, 0.2) is 5.11 Å². The highest BCUT2D eigenvalue weighted by atomic mass is 32.1. The van der Waals surface area contributed by atoms with E-state index in [1.54, 1.807) is 0 Å². The molecule has 0 radical (unpaired) electrons. The van der Waals surface area contributed by atoms with E-state index < -0.39 is 0 Å². The minimum Gasteiger partial charge on any atom is -0.394 e. The zero-order valence-corrected chi connectivity index (χ0v) is 11.4. The molecule has 0 aliphatic heterocycles. The first-order valence-corrected chi connectivity index (χ1v) is 6.22. The van der Waals surface area contributed by atoms with Crippen molar-refractivity contribution in [2.75, 3.05) is 11.9 Å². The second kappa shape index (κ2) is 6.57. The quantitative estimate of drug-likeness (QED) is 0.720. The molecule has 0 saturated carbocycles. The number of aryl methyl sites for hydroxylation is 2. The van der Waals surface area contributed by atoms with Crippen LogP contribution in [0.5, 0.6) is 0 Å². The Morgan fingerprint density at radius 1 is 1.29 bits per heavy atom. The number of hydrogen-bond acceptors (Lipinski definition) is 2. The first-order chi connectivity index (χ1) is 8.05. The van der Waals surface area contributed by atoms with Gasteiger partial charge in [0.25, 0.3) is 0 Å². The minimum atomic E-state index is 0.0147. The van der Waals surface area contributed by atoms with E-state index in [4.69, 9.17) is 17.3 Å². The number of aliphatic hydroxyl groups is 1. The van der Waals surface area contributed by atoms with Crippen LogP contribution in [0.3, 0.4) is 0 Å². The molecule has 0 aromatic heterocycles. The summed E-state index contributed by atoms with van der Waals surface area (Å²) in [6, 6.07) is 6.22. The van der Waals surface area contributed by atoms with Crippen molar-refractivity contribution >= 4 is 23.0 Å². The Balaban J connectivity index is 2.61. The Morgan fingerprint density at radius 2 is 1.88 bits per heavy atom. The van der Waals surface area contributed by atoms with Gasteiger partial charge in [-0.2, -0.15) is 0 Å². The molecule has 3 N–H and O–H groups in total. The summed E-state index contributed by atoms with van der Waals surface area (Å²) in [5, 5.41) is 15.8. The van der Waals surface area contributed by atoms with Gasteiger partial charge in [0, 0.05) is 5.69 Å². The molecule has 1 atom stereocenters. The van der Waals surface area contributed by atoms with Crippen LogP contribution in [-0.4, -0.2) is 22.9 Å². The Kier molecular flexibility index (Phi) is 5.38. The van der Waals surface area contributed by atoms with E-state index in [0.717, 1.165) is 12.1 Å². The maximum absolute atomic E-state index is 9.08. The molecule has 0 fully saturated rings. The topological polar surface area (TPSA) is 44.3 Å². The summed E-state index contributed by atoms with van der Waals surface area (Å²) in [5.41, 5.74) is 3.38. The van der Waals surface area contributed by atoms with Gasteiger partial charge in [-0.15, -0.1) is 0 Å². The molecule has 0 spiro atoms. The third-order valence-electron chi connectivity index (χ3n) is 2.53. The second-order valence-corrected chi connectivity index (χ2v) is 4.67. The number of thiocarbonyl (C=S) groups is 1. The van der Waals surface area contributed by atoms with E-state index in [-0.39, 0.29) is 12.6 Å². The molecule has 0 aliphatic carbocycles. The van der Waals surface area contributed by atoms with Crippen molar-refractivity contribution in [1.29, 1.82) is 0 Å². The van der Waals surface area contributed by atoms with Crippen molar-refractivity contribution < 1.29 is 5.11 Å². The molecular formula is C13H20N2OS. The fourth-order valence-corrected chi connectivity index (χ4v) is 1.96. The molecule has 4 heteroatoms. The van der Waals surface area contributed by atoms with E-state index in [1.807, 2.05) is 19.1 Å². The number of nitrogens with one attached hydrogen (secondary N) is 2. The van der Waals surface area contributed by atoms with Crippen molar-refractivity contribution in [3.8, 4) is 0 Å². The largest absolute Gasteiger partial charge is 0.394 e. The Morgan fingerprint density at radius 3 is 2.35 bits per heavy atom. The fourth-order valence-electron chi connectivity index (χ4n) is 1.68. The Labute approximate surface area is 108 Å². The second-order valence-electron chi connectivity index (χ2n) is 4.26. The lowest BCUT2D eigenvalue weighted by Crippen LogP contribution is -2.39. The molecule has 0 amide bonds. The van der Waals surface area contributed by atoms with Crippen molar-refractivity contribution in [2.24, 2.45) is 0 Å². The van der Waals surface area contributed by atoms with Crippen LogP contribution in [0.2, 0.25) is 0 Å². The number of anilines is 1. The molecule has 17 heavy (non-hydrogen) atoms. The van der Waals surface area contributed by atoms with Crippen LogP contribution in [0.1, 0.15) is 24.5 Å². The van der Waals surface area contributed by atoms with Gasteiger partial charge < -0.3 is 15.7 Å². The molecule has 0 saturated heterocycles. The van der Waals surface area contributed by atoms with Crippen LogP contribution in [0.4, 0.5) is 5.69 Å². The molecule has 0 aliphatic rings. The van der Waals surface area contributed by atoms with Crippen LogP contribution in [0, 0.1) is 13.8 Å². The van der Waals surface area contributed by atoms with Gasteiger partial charge in [0.1, 0.15) is 0 Å². The summed E-state index contributed by atoms with van der Waals surface area (Å²) >= 11 is 5.20. The first-order valence-electron chi connectivity index (χ1n) is 5.81. The number of benzene rings is 1. The number of aliphatic hydroxyl groups excluding tert-OH is 1. The van der Waals surface area contributed by atoms with E-state index in [0.29, 0.717) is 5.11 Å². The van der Waals surface area contributed by atoms with Gasteiger partial charge in [-0.1, -0.05) is 13.0 Å². The standard InChI is InChI=1S/C13H20N2OS/c1-4-11(8-16)14-13(17)15-12-6-9(2)5-10(3)7-12/h5-7,11,16H,4,8H2,1-3H3,(H2,14,15,17)/t11-/m1/s1. The smallest absolute Gasteiger partial charge is 0.171 e. The molecule has 3 nitrogen and oxygen atoms in total. The molecule has 0 heterocycles. The van der Waals surface area contributed by atoms with E-state index in [9.17, 15) is 0 Å². The summed E-state index contributed by atoms with van der Waals surface area (Å²) in [6.45, 7) is 6.20. The van der Waals surface area contributed by atoms with Crippen molar-refractivity contribution in [3.05, 3.63) is 29.3 Å². The highest BCUT2D eigenvalue weighted by molar-refractivity contribution is 7.80. The zero-order chi connectivity index (χ0) is 12.8. The molecule has 94 valence electrons. The lowest BCUT2D eigenvalue weighted by atomic mass is 10.1. The summed E-state index contributed by atoms with van der Waals surface area (Å²) in [5.74, 6) is 0. The Bertz CT molecular complexity index is 369. The van der Waals surface area contributed by atoms with E-state index in [1.165, 1.54) is 11.1 Å². The third-order valence-corrected chi connectivity index (χ3v) is 2.75. The van der Waals surface area contributed by atoms with Gasteiger partial charge >= 0.3 is 0 Å². The van der Waals surface area contributed by atoms with Gasteiger partial charge in [-0.3, -0.25) is 0 Å². The van der Waals surface area contributed by atoms with Gasteiger partial charge in [-0.05, 0) is 55.7 Å². The molecule has 0 unspecified atom stereocenters. The van der Waals surface area contributed by atoms with Crippen LogP contribution in [0.15, 0.2) is 18.2 Å². The normalized spacial score (nSPS) is 12.0. The Hall–Kier alpha value is -1.13. The van der Waals surface area contributed by atoms with Crippen molar-refractivity contribution in [3.63, 3.8) is 0 Å². The average Bonchev–Trinajstić information content (AvgIpc) is 2.24. The predicted molar refractivity (Wildman–Crippen MR) is 76.4 cm³/mol. The molecule has 0 bridgehead atoms. The maximum atomic E-state index is 9.08. The molecule has 1 aromatic carbocycles. The van der Waals surface area contributed by atoms with Crippen LogP contribution < -0.4 is 10.6 Å². The van der Waals surface area contributed by atoms with E-state index >= 15 is 0 Å². The molecule has 1 aromatic rings. The number of rotatable bonds is 4. The highest BCUT2D eigenvalue weighted by Crippen LogP contribution is 2.13. The van der Waals surface area contributed by atoms with Crippen molar-refractivity contribution in [1.82, 2.24) is 5.32 Å². The summed E-state index contributed by atoms with van der Waals surface area (Å²) in [7, 11) is 0. The van der Waals surface area contributed by atoms with Crippen LogP contribution >= 0.6 is 12.2 Å². The maximum Gasteiger partial charge on any atom is 0.171 e. The first kappa shape index (κ1) is 13.9. The number of hydrogen-bond donors (Lipinski definition) is 3. The SMILES string of the molecule is CC[C@H](CO)NC(=S)Nc1cc(C)cc(C)c1. The highest BCUT2D eigenvalue weighted by Gasteiger charge is 2.06. The molecular weight excluding hydrogens is 232 g/mol. The van der Waals surface area contributed by atoms with Crippen LogP contribution in [-0.2, 0) is 0 Å². The van der Waals surface area contributed by atoms with Gasteiger partial charge in [0.05, 0.1) is 12.6 Å². The van der Waals surface area contributed by atoms with Gasteiger partial charge in [-0.25, -0.2) is 0 Å². The summed E-state index contributed by atoms with van der Waals surface area (Å²) < 4.78 is 0. The minimum absolute atomic E-state index is 0.0147. The summed E-state index contributed by atoms with van der Waals surface area (Å²) in [6.07, 6.45) is 0.838. The lowest BCUT2D eigenvalue weighted by Gasteiger charge is -2.17. The monoisotopic (exact) mass is 252 g/mol. The van der Waals surface area contributed by atoms with Crippen molar-refractivity contribution in [2.45, 2.75) is 33.2 Å². The van der Waals surface area contributed by atoms with Crippen LogP contribution in [0.25, 0.3) is 0 Å².